The molecule has 9 aromatic carbocycles. The predicted molar refractivity (Wildman–Crippen MR) is 360 cm³/mol. The normalized spacial score (nSPS) is 14.8. The molecule has 442 valence electrons. The number of hydrogen-bond acceptors (Lipinski definition) is 2. The SMILES string of the molecule is [2H]c1c([2H])c([2H])c(-c2cc(-c3cc(C(C)(C)C)cc(C(C)(C)C)c3)c(-[n+]3[c-]n(-c4[c-]c(Oc5[c-]c6c(cc5)c5ccccc5n6-c5cc(C([2H])([2H])[2H])c(-c6c([2H])c([2H])c([2H])c([2H])c6[2H])cn5)ccc4)c4cc(-c5cc(C(C)(C)C)cc(C(C)(C)C)c5)ccc43)c(C(C)(C)C)c2)c([2H])c1[2H].[Pt]. The summed E-state index contributed by atoms with van der Waals surface area (Å²) in [7, 11) is 0. The fourth-order valence-electron chi connectivity index (χ4n) is 11.2. The molecule has 12 rings (SSSR count). The molecule has 0 unspecified atom stereocenters. The topological polar surface area (TPSA) is 35.9 Å². The number of hydrogen-bond donors (Lipinski definition) is 0. The molecule has 0 saturated carbocycles. The molecule has 0 radical (unpaired) electrons. The average molecular weight is 1330 g/mol. The molecule has 3 heterocycles. The fraction of sp³-hybridized carbons (Fsp3) is 0.259. The Balaban J connectivity index is 0.0000101. The average Bonchev–Trinajstić information content (AvgIpc) is 1.44. The third-order valence-corrected chi connectivity index (χ3v) is 16.2. The van der Waals surface area contributed by atoms with Crippen molar-refractivity contribution in [2.45, 2.75) is 138 Å². The summed E-state index contributed by atoms with van der Waals surface area (Å²) in [6.45, 7) is 30.1. The molecule has 0 bridgehead atoms. The molecule has 5 nitrogen and oxygen atoms in total. The van der Waals surface area contributed by atoms with Crippen LogP contribution in [0.1, 0.15) is 155 Å². The van der Waals surface area contributed by atoms with Crippen LogP contribution in [0, 0.1) is 25.3 Å². The first-order chi connectivity index (χ1) is 46.0. The summed E-state index contributed by atoms with van der Waals surface area (Å²) in [4.78, 5) is 4.77. The second kappa shape index (κ2) is 22.6. The first-order valence-electron chi connectivity index (χ1n) is 35.9. The van der Waals surface area contributed by atoms with Crippen molar-refractivity contribution in [1.82, 2.24) is 14.1 Å². The molecule has 0 aliphatic rings. The first kappa shape index (κ1) is 46.1. The van der Waals surface area contributed by atoms with Crippen molar-refractivity contribution in [1.29, 1.82) is 0 Å². The summed E-state index contributed by atoms with van der Waals surface area (Å²) >= 11 is 0. The molecule has 0 N–H and O–H groups in total. The third-order valence-electron chi connectivity index (χ3n) is 16.2. The van der Waals surface area contributed by atoms with E-state index in [1.165, 1.54) is 23.4 Å². The Kier molecular flexibility index (Phi) is 12.0. The Bertz CT molecular complexity index is 5200. The molecule has 0 amide bonds. The summed E-state index contributed by atoms with van der Waals surface area (Å²) in [5.41, 5.74) is 11.5. The van der Waals surface area contributed by atoms with E-state index in [1.54, 1.807) is 16.7 Å². The van der Waals surface area contributed by atoms with Crippen molar-refractivity contribution in [3.8, 4) is 73.2 Å². The van der Waals surface area contributed by atoms with E-state index in [4.69, 9.17) is 24.8 Å². The van der Waals surface area contributed by atoms with Gasteiger partial charge in [-0.3, -0.25) is 4.57 Å². The molecule has 87 heavy (non-hydrogen) atoms. The van der Waals surface area contributed by atoms with Gasteiger partial charge in [-0.05, 0) is 142 Å². The van der Waals surface area contributed by atoms with E-state index in [0.717, 1.165) is 66.4 Å². The molecule has 0 atom stereocenters. The van der Waals surface area contributed by atoms with Gasteiger partial charge in [0.15, 0.2) is 0 Å². The number of nitrogens with zero attached hydrogens (tertiary/aromatic N) is 4. The van der Waals surface area contributed by atoms with Gasteiger partial charge in [0.25, 0.3) is 6.33 Å². The van der Waals surface area contributed by atoms with Crippen LogP contribution in [0.15, 0.2) is 194 Å². The van der Waals surface area contributed by atoms with Crippen molar-refractivity contribution < 1.29 is 48.2 Å². The third kappa shape index (κ3) is 11.9. The Morgan fingerprint density at radius 2 is 1.07 bits per heavy atom. The van der Waals surface area contributed by atoms with Gasteiger partial charge in [0, 0.05) is 54.0 Å². The number of benzene rings is 9. The van der Waals surface area contributed by atoms with Crippen molar-refractivity contribution >= 4 is 32.8 Å². The second-order valence-corrected chi connectivity index (χ2v) is 27.8. The standard InChI is InChI=1S/C81H80N4O.Pt/c1-52-38-75(82-50-69(52)54-28-21-18-22-29-54)85-71-33-24-23-32-66(71)67-36-35-65(49-73(67)85)86-64-31-25-30-63(48-64)83-51-84(72-37-34-55(45-74(72)83)56-39-59(77(2,3)4)46-60(40-56)78(5,6)7)76-68(58-41-61(79(8,9)10)47-62(42-58)80(11,12)13)43-57(44-70(76)81(14,15)16)53-26-19-17-20-27-53;/h17-47,50H,1-16H3;/q-2;/i1D3,17D,18D,19D,20D,21D,22D,26D,27D,28D,29D;. The van der Waals surface area contributed by atoms with Crippen LogP contribution in [-0.2, 0) is 48.1 Å². The molecule has 0 spiro atoms. The first-order valence-corrected chi connectivity index (χ1v) is 29.4. The molecular weight excluding hydrogens is 1240 g/mol. The maximum absolute atomic E-state index is 9.34. The minimum atomic E-state index is -2.81. The fourth-order valence-corrected chi connectivity index (χ4v) is 11.2. The largest absolute Gasteiger partial charge is 0.510 e. The Morgan fingerprint density at radius 3 is 1.68 bits per heavy atom. The van der Waals surface area contributed by atoms with E-state index in [-0.39, 0.29) is 82.9 Å². The van der Waals surface area contributed by atoms with Crippen LogP contribution >= 0.6 is 0 Å². The van der Waals surface area contributed by atoms with Gasteiger partial charge in [0.1, 0.15) is 5.82 Å². The number of ether oxygens (including phenoxy) is 1. The number of para-hydroxylation sites is 1. The zero-order valence-corrected chi connectivity index (χ0v) is 54.5. The summed E-state index contributed by atoms with van der Waals surface area (Å²) in [6.07, 6.45) is 5.13. The number of aromatic nitrogens is 4. The van der Waals surface area contributed by atoms with E-state index in [1.807, 2.05) is 59.2 Å². The monoisotopic (exact) mass is 1330 g/mol. The van der Waals surface area contributed by atoms with E-state index >= 15 is 0 Å². The van der Waals surface area contributed by atoms with E-state index in [9.17, 15) is 2.74 Å². The van der Waals surface area contributed by atoms with E-state index < -0.39 is 60.6 Å². The van der Waals surface area contributed by atoms with Crippen molar-refractivity contribution in [2.75, 3.05) is 0 Å². The van der Waals surface area contributed by atoms with Gasteiger partial charge in [0.2, 0.25) is 0 Å². The minimum absolute atomic E-state index is 0. The number of imidazole rings is 1. The van der Waals surface area contributed by atoms with E-state index in [2.05, 4.69) is 181 Å². The van der Waals surface area contributed by atoms with Crippen molar-refractivity contribution in [3.05, 3.63) is 246 Å². The molecule has 12 aromatic rings. The number of pyridine rings is 1. The van der Waals surface area contributed by atoms with Gasteiger partial charge >= 0.3 is 0 Å². The van der Waals surface area contributed by atoms with Gasteiger partial charge in [-0.1, -0.05) is 243 Å². The Morgan fingerprint density at radius 1 is 0.483 bits per heavy atom. The van der Waals surface area contributed by atoms with Gasteiger partial charge in [-0.25, -0.2) is 4.98 Å². The van der Waals surface area contributed by atoms with Crippen LogP contribution < -0.4 is 9.30 Å². The predicted octanol–water partition coefficient (Wildman–Crippen LogP) is 21.1. The summed E-state index contributed by atoms with van der Waals surface area (Å²) in [6, 6.07) is 44.6. The molecule has 6 heteroatoms. The minimum Gasteiger partial charge on any atom is -0.510 e. The van der Waals surface area contributed by atoms with Crippen LogP contribution in [0.25, 0.3) is 94.5 Å². The Labute approximate surface area is 549 Å². The van der Waals surface area contributed by atoms with Crippen LogP contribution in [-0.4, -0.2) is 14.1 Å². The van der Waals surface area contributed by atoms with Crippen molar-refractivity contribution in [2.24, 2.45) is 0 Å². The van der Waals surface area contributed by atoms with Gasteiger partial charge in [-0.15, -0.1) is 29.7 Å². The number of fused-ring (bicyclic) bond motifs is 4. The van der Waals surface area contributed by atoms with E-state index in [0.29, 0.717) is 33.8 Å². The number of rotatable bonds is 9. The zero-order valence-electron chi connectivity index (χ0n) is 65.2. The maximum atomic E-state index is 9.34. The molecule has 3 aromatic heterocycles. The Hall–Kier alpha value is -8.11. The quantitative estimate of drug-likeness (QED) is 0.107. The van der Waals surface area contributed by atoms with Crippen LogP contribution in [0.3, 0.4) is 0 Å². The number of aryl methyl sites for hydroxylation is 1. The molecule has 0 saturated heterocycles. The molecule has 0 aliphatic carbocycles. The van der Waals surface area contributed by atoms with Crippen LogP contribution in [0.2, 0.25) is 0 Å². The second-order valence-electron chi connectivity index (χ2n) is 27.8. The smallest absolute Gasteiger partial charge is 0.268 e. The molecule has 0 fully saturated rings. The van der Waals surface area contributed by atoms with Crippen LogP contribution in [0.5, 0.6) is 11.5 Å². The molecule has 0 aliphatic heterocycles. The van der Waals surface area contributed by atoms with Crippen molar-refractivity contribution in [3.63, 3.8) is 0 Å². The summed E-state index contributed by atoms with van der Waals surface area (Å²) in [5, 5.41) is 1.57. The summed E-state index contributed by atoms with van der Waals surface area (Å²) in [5.74, 6) is 0.811. The maximum Gasteiger partial charge on any atom is 0.268 e. The van der Waals surface area contributed by atoms with Gasteiger partial charge in [0.05, 0.1) is 30.4 Å². The van der Waals surface area contributed by atoms with Gasteiger partial charge < -0.3 is 13.9 Å². The summed E-state index contributed by atoms with van der Waals surface area (Å²) < 4.78 is 126. The van der Waals surface area contributed by atoms with Gasteiger partial charge in [-0.2, -0.15) is 18.2 Å². The van der Waals surface area contributed by atoms with Crippen LogP contribution in [0.4, 0.5) is 0 Å². The zero-order chi connectivity index (χ0) is 72.0. The molecular formula is C81H80N4OPt-2.